The maximum Gasteiger partial charge on any atom is 0.416 e. The zero-order chi connectivity index (χ0) is 14.4. The molecule has 0 bridgehead atoms. The lowest BCUT2D eigenvalue weighted by Crippen LogP contribution is -2.09. The van der Waals surface area contributed by atoms with E-state index in [1.807, 2.05) is 0 Å². The fourth-order valence-electron chi connectivity index (χ4n) is 2.15. The first kappa shape index (κ1) is 13.9. The van der Waals surface area contributed by atoms with Gasteiger partial charge in [0.2, 0.25) is 0 Å². The first-order valence-electron chi connectivity index (χ1n) is 5.27. The van der Waals surface area contributed by atoms with Crippen LogP contribution in [0.2, 0.25) is 0 Å². The Labute approximate surface area is 106 Å². The largest absolute Gasteiger partial charge is 0.481 e. The number of hydrogen-bond acceptors (Lipinski definition) is 3. The maximum atomic E-state index is 12.6. The summed E-state index contributed by atoms with van der Waals surface area (Å²) in [5.41, 5.74) is -1.03. The highest BCUT2D eigenvalue weighted by Crippen LogP contribution is 2.40. The molecule has 0 aliphatic carbocycles. The Morgan fingerprint density at radius 1 is 1.37 bits per heavy atom. The molecular formula is C11H9F3O4S. The van der Waals surface area contributed by atoms with Crippen LogP contribution in [0.3, 0.4) is 0 Å². The van der Waals surface area contributed by atoms with Crippen molar-refractivity contribution in [1.82, 2.24) is 0 Å². The fraction of sp³-hybridized carbons (Fsp3) is 0.364. The minimum absolute atomic E-state index is 0.0581. The summed E-state index contributed by atoms with van der Waals surface area (Å²) in [7, 11) is -3.69. The minimum Gasteiger partial charge on any atom is -0.481 e. The van der Waals surface area contributed by atoms with Gasteiger partial charge in [-0.2, -0.15) is 13.2 Å². The molecule has 0 aromatic heterocycles. The third kappa shape index (κ3) is 2.58. The number of fused-ring (bicyclic) bond motifs is 1. The van der Waals surface area contributed by atoms with E-state index in [0.717, 1.165) is 12.1 Å². The van der Waals surface area contributed by atoms with E-state index < -0.39 is 45.6 Å². The predicted octanol–water partition coefficient (Wildman–Crippen LogP) is 2.05. The van der Waals surface area contributed by atoms with E-state index in [2.05, 4.69) is 0 Å². The second kappa shape index (κ2) is 4.22. The number of rotatable bonds is 2. The van der Waals surface area contributed by atoms with E-state index >= 15 is 0 Å². The Balaban J connectivity index is 2.54. The number of benzene rings is 1. The lowest BCUT2D eigenvalue weighted by atomic mass is 9.96. The summed E-state index contributed by atoms with van der Waals surface area (Å²) >= 11 is 0. The zero-order valence-corrected chi connectivity index (χ0v) is 10.3. The summed E-state index contributed by atoms with van der Waals surface area (Å²) in [6.07, 6.45) is -5.09. The number of sulfone groups is 1. The van der Waals surface area contributed by atoms with Crippen molar-refractivity contribution >= 4 is 15.8 Å². The van der Waals surface area contributed by atoms with Gasteiger partial charge in [0.05, 0.1) is 22.6 Å². The molecule has 0 spiro atoms. The van der Waals surface area contributed by atoms with E-state index in [9.17, 15) is 26.4 Å². The summed E-state index contributed by atoms with van der Waals surface area (Å²) in [5, 5.41) is 8.68. The van der Waals surface area contributed by atoms with Crippen molar-refractivity contribution in [2.45, 2.75) is 23.4 Å². The Bertz CT molecular complexity index is 634. The normalized spacial score (nSPS) is 21.1. The number of carboxylic acids is 1. The van der Waals surface area contributed by atoms with Crippen LogP contribution in [-0.2, 0) is 20.8 Å². The van der Waals surface area contributed by atoms with Gasteiger partial charge in [0.1, 0.15) is 0 Å². The number of carbonyl (C=O) groups is 1. The highest BCUT2D eigenvalue weighted by atomic mass is 32.2. The van der Waals surface area contributed by atoms with Gasteiger partial charge in [-0.3, -0.25) is 4.79 Å². The van der Waals surface area contributed by atoms with E-state index in [1.54, 1.807) is 0 Å². The molecule has 0 radical (unpaired) electrons. The van der Waals surface area contributed by atoms with Crippen molar-refractivity contribution < 1.29 is 31.5 Å². The van der Waals surface area contributed by atoms with Gasteiger partial charge >= 0.3 is 12.1 Å². The van der Waals surface area contributed by atoms with Gasteiger partial charge in [0, 0.05) is 5.92 Å². The molecule has 1 heterocycles. The Morgan fingerprint density at radius 3 is 2.53 bits per heavy atom. The van der Waals surface area contributed by atoms with Crippen LogP contribution in [0.1, 0.15) is 23.5 Å². The van der Waals surface area contributed by atoms with Crippen molar-refractivity contribution in [2.75, 3.05) is 5.75 Å². The average molecular weight is 294 g/mol. The predicted molar refractivity (Wildman–Crippen MR) is 58.5 cm³/mol. The molecule has 0 amide bonds. The highest BCUT2D eigenvalue weighted by molar-refractivity contribution is 7.91. The Hall–Kier alpha value is -1.57. The molecule has 4 nitrogen and oxygen atoms in total. The van der Waals surface area contributed by atoms with Gasteiger partial charge in [-0.1, -0.05) is 0 Å². The lowest BCUT2D eigenvalue weighted by molar-refractivity contribution is -0.138. The van der Waals surface area contributed by atoms with Crippen molar-refractivity contribution in [3.8, 4) is 0 Å². The van der Waals surface area contributed by atoms with Crippen LogP contribution in [0.15, 0.2) is 23.1 Å². The van der Waals surface area contributed by atoms with Gasteiger partial charge < -0.3 is 5.11 Å². The minimum atomic E-state index is -4.59. The molecule has 1 aromatic carbocycles. The monoisotopic (exact) mass is 294 g/mol. The molecule has 19 heavy (non-hydrogen) atoms. The molecule has 1 unspecified atom stereocenters. The number of aliphatic carboxylic acids is 1. The van der Waals surface area contributed by atoms with Crippen molar-refractivity contribution in [1.29, 1.82) is 0 Å². The van der Waals surface area contributed by atoms with Gasteiger partial charge in [-0.15, -0.1) is 0 Å². The summed E-state index contributed by atoms with van der Waals surface area (Å²) in [4.78, 5) is 10.4. The molecule has 1 N–H and O–H groups in total. The molecule has 8 heteroatoms. The first-order chi connectivity index (χ1) is 8.61. The smallest absolute Gasteiger partial charge is 0.416 e. The molecule has 2 rings (SSSR count). The van der Waals surface area contributed by atoms with Crippen LogP contribution < -0.4 is 0 Å². The molecule has 0 saturated carbocycles. The Morgan fingerprint density at radius 2 is 2.00 bits per heavy atom. The maximum absolute atomic E-state index is 12.6. The summed E-state index contributed by atoms with van der Waals surface area (Å²) in [5.74, 6) is -2.64. The molecule has 104 valence electrons. The van der Waals surface area contributed by atoms with Crippen LogP contribution in [0.25, 0.3) is 0 Å². The summed E-state index contributed by atoms with van der Waals surface area (Å²) in [6.45, 7) is 0. The molecule has 1 aliphatic heterocycles. The Kier molecular flexibility index (Phi) is 3.08. The van der Waals surface area contributed by atoms with Gasteiger partial charge in [-0.05, 0) is 23.8 Å². The van der Waals surface area contributed by atoms with Crippen molar-refractivity contribution in [2.24, 2.45) is 0 Å². The third-order valence-corrected chi connectivity index (χ3v) is 4.84. The number of alkyl halides is 3. The van der Waals surface area contributed by atoms with Crippen molar-refractivity contribution in [3.63, 3.8) is 0 Å². The van der Waals surface area contributed by atoms with Crippen LogP contribution in [0.4, 0.5) is 13.2 Å². The molecule has 0 saturated heterocycles. The SMILES string of the molecule is O=C(O)CC1CS(=O)(=O)c2ccc(C(F)(F)F)cc21. The second-order valence-electron chi connectivity index (χ2n) is 4.33. The number of carboxylic acid groups (broad SMARTS) is 1. The van der Waals surface area contributed by atoms with E-state index in [0.29, 0.717) is 6.07 Å². The first-order valence-corrected chi connectivity index (χ1v) is 6.92. The van der Waals surface area contributed by atoms with Gasteiger partial charge in [0.25, 0.3) is 0 Å². The lowest BCUT2D eigenvalue weighted by Gasteiger charge is -2.11. The quantitative estimate of drug-likeness (QED) is 0.906. The standard InChI is InChI=1S/C11H9F3O4S/c12-11(13,14)7-1-2-9-8(4-7)6(3-10(15)16)5-19(9,17)18/h1-2,4,6H,3,5H2,(H,15,16). The van der Waals surface area contributed by atoms with Crippen LogP contribution in [0, 0.1) is 0 Å². The van der Waals surface area contributed by atoms with Gasteiger partial charge in [-0.25, -0.2) is 8.42 Å². The van der Waals surface area contributed by atoms with E-state index in [4.69, 9.17) is 5.11 Å². The molecule has 1 atom stereocenters. The highest BCUT2D eigenvalue weighted by Gasteiger charge is 2.39. The third-order valence-electron chi connectivity index (χ3n) is 2.95. The van der Waals surface area contributed by atoms with Crippen LogP contribution in [-0.4, -0.2) is 25.2 Å². The second-order valence-corrected chi connectivity index (χ2v) is 6.33. The summed E-state index contributed by atoms with van der Waals surface area (Å²) < 4.78 is 61.2. The molecular weight excluding hydrogens is 285 g/mol. The summed E-state index contributed by atoms with van der Waals surface area (Å²) in [6, 6.07) is 2.32. The zero-order valence-electron chi connectivity index (χ0n) is 9.44. The van der Waals surface area contributed by atoms with Crippen LogP contribution >= 0.6 is 0 Å². The van der Waals surface area contributed by atoms with E-state index in [-0.39, 0.29) is 10.5 Å². The molecule has 1 aromatic rings. The van der Waals surface area contributed by atoms with Gasteiger partial charge in [0.15, 0.2) is 9.84 Å². The fourth-order valence-corrected chi connectivity index (χ4v) is 4.02. The van der Waals surface area contributed by atoms with E-state index in [1.165, 1.54) is 0 Å². The average Bonchev–Trinajstić information content (AvgIpc) is 2.48. The van der Waals surface area contributed by atoms with Crippen LogP contribution in [0.5, 0.6) is 0 Å². The van der Waals surface area contributed by atoms with Crippen molar-refractivity contribution in [3.05, 3.63) is 29.3 Å². The molecule has 0 fully saturated rings. The molecule has 1 aliphatic rings. The number of halogens is 3. The topological polar surface area (TPSA) is 71.4 Å². The number of hydrogen-bond donors (Lipinski definition) is 1.